The predicted octanol–water partition coefficient (Wildman–Crippen LogP) is 3.12. The van der Waals surface area contributed by atoms with Crippen molar-refractivity contribution >= 4 is 23.6 Å². The van der Waals surface area contributed by atoms with Crippen LogP contribution in [0.1, 0.15) is 24.0 Å². The Bertz CT molecular complexity index is 622. The number of carbonyl (C=O) groups is 2. The number of nitrogens with zero attached hydrogens (tertiary/aromatic N) is 1. The maximum absolute atomic E-state index is 12.8. The number of halogens is 4. The Morgan fingerprint density at radius 3 is 2.70 bits per heavy atom. The van der Waals surface area contributed by atoms with Gasteiger partial charge in [-0.1, -0.05) is 23.7 Å². The quantitative estimate of drug-likeness (QED) is 0.880. The van der Waals surface area contributed by atoms with E-state index in [1.54, 1.807) is 0 Å². The third kappa shape index (κ3) is 3.87. The van der Waals surface area contributed by atoms with Gasteiger partial charge in [-0.15, -0.1) is 0 Å². The molecule has 0 radical (unpaired) electrons. The Kier molecular flexibility index (Phi) is 5.03. The van der Waals surface area contributed by atoms with Gasteiger partial charge in [0, 0.05) is 13.1 Å². The number of hydrogen-bond donors (Lipinski definition) is 2. The maximum atomic E-state index is 12.8. The molecular weight excluding hydrogens is 337 g/mol. The summed E-state index contributed by atoms with van der Waals surface area (Å²) in [6.07, 6.45) is -3.66. The summed E-state index contributed by atoms with van der Waals surface area (Å²) in [5, 5.41) is 11.0. The molecule has 2 amide bonds. The van der Waals surface area contributed by atoms with Crippen LogP contribution in [0.4, 0.5) is 18.0 Å². The molecule has 1 atom stereocenters. The second kappa shape index (κ2) is 6.66. The van der Waals surface area contributed by atoms with Crippen molar-refractivity contribution in [2.24, 2.45) is 0 Å². The fourth-order valence-electron chi connectivity index (χ4n) is 2.47. The summed E-state index contributed by atoms with van der Waals surface area (Å²) in [5.41, 5.74) is -0.864. The van der Waals surface area contributed by atoms with Crippen LogP contribution in [0.2, 0.25) is 5.02 Å². The highest BCUT2D eigenvalue weighted by Gasteiger charge is 2.35. The van der Waals surface area contributed by atoms with E-state index in [9.17, 15) is 22.8 Å². The minimum atomic E-state index is -4.58. The van der Waals surface area contributed by atoms with Gasteiger partial charge >= 0.3 is 18.2 Å². The minimum Gasteiger partial charge on any atom is -0.480 e. The van der Waals surface area contributed by atoms with E-state index in [0.717, 1.165) is 11.0 Å². The van der Waals surface area contributed by atoms with Crippen LogP contribution in [0.15, 0.2) is 18.2 Å². The van der Waals surface area contributed by atoms with Crippen molar-refractivity contribution in [3.05, 3.63) is 34.3 Å². The molecule has 0 aromatic heterocycles. The lowest BCUT2D eigenvalue weighted by Gasteiger charge is -2.22. The lowest BCUT2D eigenvalue weighted by molar-refractivity contribution is -0.141. The molecular formula is C14H14ClF3N2O3. The zero-order valence-electron chi connectivity index (χ0n) is 11.9. The fraction of sp³-hybridized carbons (Fsp3) is 0.429. The van der Waals surface area contributed by atoms with Crippen molar-refractivity contribution in [3.63, 3.8) is 0 Å². The molecule has 1 fully saturated rings. The molecule has 0 bridgehead atoms. The number of nitrogens with one attached hydrogen (secondary N) is 1. The molecule has 2 N–H and O–H groups in total. The number of likely N-dealkylation sites (tertiary alicyclic amines) is 1. The van der Waals surface area contributed by atoms with Gasteiger partial charge in [0.05, 0.1) is 10.6 Å². The fourth-order valence-corrected chi connectivity index (χ4v) is 2.77. The van der Waals surface area contributed by atoms with Crippen LogP contribution in [0, 0.1) is 0 Å². The summed E-state index contributed by atoms with van der Waals surface area (Å²) in [4.78, 5) is 24.2. The number of aliphatic carboxylic acids is 1. The number of rotatable bonds is 3. The van der Waals surface area contributed by atoms with Gasteiger partial charge in [-0.05, 0) is 24.5 Å². The van der Waals surface area contributed by atoms with Gasteiger partial charge in [0.25, 0.3) is 0 Å². The Balaban J connectivity index is 2.07. The number of urea groups is 1. The van der Waals surface area contributed by atoms with Gasteiger partial charge in [0.1, 0.15) is 6.04 Å². The smallest absolute Gasteiger partial charge is 0.417 e. The lowest BCUT2D eigenvalue weighted by atomic mass is 10.1. The van der Waals surface area contributed by atoms with Crippen molar-refractivity contribution in [1.82, 2.24) is 10.2 Å². The van der Waals surface area contributed by atoms with Crippen LogP contribution < -0.4 is 5.32 Å². The van der Waals surface area contributed by atoms with Crippen molar-refractivity contribution in [2.75, 3.05) is 6.54 Å². The molecule has 1 aliphatic heterocycles. The van der Waals surface area contributed by atoms with Gasteiger partial charge in [0.15, 0.2) is 0 Å². The first kappa shape index (κ1) is 17.4. The van der Waals surface area contributed by atoms with Crippen molar-refractivity contribution in [3.8, 4) is 0 Å². The number of carboxylic acid groups (broad SMARTS) is 1. The maximum Gasteiger partial charge on any atom is 0.417 e. The normalized spacial score (nSPS) is 18.1. The first-order valence-electron chi connectivity index (χ1n) is 6.83. The number of alkyl halides is 3. The molecule has 1 aromatic rings. The number of amides is 2. The molecule has 9 heteroatoms. The van der Waals surface area contributed by atoms with E-state index >= 15 is 0 Å². The van der Waals surface area contributed by atoms with E-state index in [0.29, 0.717) is 19.4 Å². The average molecular weight is 351 g/mol. The summed E-state index contributed by atoms with van der Waals surface area (Å²) in [6.45, 7) is 0.0730. The molecule has 1 saturated heterocycles. The Morgan fingerprint density at radius 2 is 2.09 bits per heavy atom. The summed E-state index contributed by atoms with van der Waals surface area (Å²) in [7, 11) is 0. The van der Waals surface area contributed by atoms with E-state index in [1.807, 2.05) is 0 Å². The van der Waals surface area contributed by atoms with Crippen molar-refractivity contribution in [1.29, 1.82) is 0 Å². The highest BCUT2D eigenvalue weighted by atomic mass is 35.5. The summed E-state index contributed by atoms with van der Waals surface area (Å²) >= 11 is 5.74. The summed E-state index contributed by atoms with van der Waals surface area (Å²) < 4.78 is 38.3. The molecule has 1 aliphatic rings. The molecule has 23 heavy (non-hydrogen) atoms. The van der Waals surface area contributed by atoms with Crippen molar-refractivity contribution < 1.29 is 27.9 Å². The van der Waals surface area contributed by atoms with E-state index in [2.05, 4.69) is 5.32 Å². The molecule has 126 valence electrons. The highest BCUT2D eigenvalue weighted by Crippen LogP contribution is 2.36. The average Bonchev–Trinajstić information content (AvgIpc) is 2.94. The highest BCUT2D eigenvalue weighted by molar-refractivity contribution is 6.32. The van der Waals surface area contributed by atoms with Crippen LogP contribution in [0.25, 0.3) is 0 Å². The van der Waals surface area contributed by atoms with Crippen LogP contribution in [0.3, 0.4) is 0 Å². The second-order valence-electron chi connectivity index (χ2n) is 5.12. The van der Waals surface area contributed by atoms with Gasteiger partial charge < -0.3 is 15.3 Å². The summed E-state index contributed by atoms with van der Waals surface area (Å²) in [6, 6.07) is 1.88. The molecule has 0 saturated carbocycles. The number of carbonyl (C=O) groups excluding carboxylic acids is 1. The molecule has 1 unspecified atom stereocenters. The monoisotopic (exact) mass is 350 g/mol. The van der Waals surface area contributed by atoms with Gasteiger partial charge in [-0.2, -0.15) is 13.2 Å². The third-order valence-electron chi connectivity index (χ3n) is 3.61. The predicted molar refractivity (Wildman–Crippen MR) is 76.1 cm³/mol. The molecule has 5 nitrogen and oxygen atoms in total. The first-order chi connectivity index (χ1) is 10.7. The lowest BCUT2D eigenvalue weighted by Crippen LogP contribution is -2.45. The second-order valence-corrected chi connectivity index (χ2v) is 5.50. The SMILES string of the molecule is O=C(O)C1CCCN1C(=O)NCc1cccc(C(F)(F)F)c1Cl. The van der Waals surface area contributed by atoms with E-state index in [1.165, 1.54) is 12.1 Å². The molecule has 2 rings (SSSR count). The standard InChI is InChI=1S/C14H14ClF3N2O3/c15-11-8(3-1-4-9(11)14(16,17)18)7-19-13(23)20-6-2-5-10(20)12(21)22/h1,3-4,10H,2,5-7H2,(H,19,23)(H,21,22). The Morgan fingerprint density at radius 1 is 1.39 bits per heavy atom. The molecule has 0 spiro atoms. The molecule has 1 heterocycles. The number of carboxylic acids is 1. The topological polar surface area (TPSA) is 69.6 Å². The zero-order valence-corrected chi connectivity index (χ0v) is 12.6. The van der Waals surface area contributed by atoms with Crippen LogP contribution in [-0.4, -0.2) is 34.6 Å². The number of hydrogen-bond acceptors (Lipinski definition) is 2. The third-order valence-corrected chi connectivity index (χ3v) is 4.06. The minimum absolute atomic E-state index is 0.112. The number of benzene rings is 1. The molecule has 0 aliphatic carbocycles. The zero-order chi connectivity index (χ0) is 17.2. The Labute approximate surface area is 135 Å². The Hall–Kier alpha value is -1.96. The van der Waals surface area contributed by atoms with Gasteiger partial charge in [-0.25, -0.2) is 9.59 Å². The van der Waals surface area contributed by atoms with E-state index in [4.69, 9.17) is 16.7 Å². The van der Waals surface area contributed by atoms with Crippen LogP contribution in [-0.2, 0) is 17.5 Å². The molecule has 1 aromatic carbocycles. The van der Waals surface area contributed by atoms with Crippen LogP contribution in [0.5, 0.6) is 0 Å². The van der Waals surface area contributed by atoms with E-state index in [-0.39, 0.29) is 12.1 Å². The first-order valence-corrected chi connectivity index (χ1v) is 7.21. The summed E-state index contributed by atoms with van der Waals surface area (Å²) in [5.74, 6) is -1.10. The van der Waals surface area contributed by atoms with E-state index < -0.39 is 34.8 Å². The van der Waals surface area contributed by atoms with Crippen LogP contribution >= 0.6 is 11.6 Å². The van der Waals surface area contributed by atoms with Gasteiger partial charge in [-0.3, -0.25) is 0 Å². The largest absolute Gasteiger partial charge is 0.480 e. The van der Waals surface area contributed by atoms with Gasteiger partial charge in [0.2, 0.25) is 0 Å². The van der Waals surface area contributed by atoms with Crippen molar-refractivity contribution in [2.45, 2.75) is 31.6 Å².